The van der Waals surface area contributed by atoms with Crippen LogP contribution in [0, 0.1) is 5.92 Å². The maximum absolute atomic E-state index is 3.48. The molecule has 1 N–H and O–H groups in total. The highest BCUT2D eigenvalue weighted by Gasteiger charge is 2.22. The van der Waals surface area contributed by atoms with Crippen molar-refractivity contribution in [3.63, 3.8) is 0 Å². The molecule has 4 rings (SSSR count). The fourth-order valence-corrected chi connectivity index (χ4v) is 3.80. The van der Waals surface area contributed by atoms with Crippen LogP contribution < -0.4 is 10.2 Å². The zero-order valence-corrected chi connectivity index (χ0v) is 13.2. The lowest BCUT2D eigenvalue weighted by Crippen LogP contribution is -2.48. The second-order valence-electron chi connectivity index (χ2n) is 6.68. The van der Waals surface area contributed by atoms with Gasteiger partial charge in [0, 0.05) is 38.4 Å². The average molecular weight is 295 g/mol. The van der Waals surface area contributed by atoms with E-state index in [4.69, 9.17) is 0 Å². The summed E-state index contributed by atoms with van der Waals surface area (Å²) in [5.41, 5.74) is 1.38. The molecule has 2 heterocycles. The molecule has 0 aliphatic carbocycles. The van der Waals surface area contributed by atoms with Crippen molar-refractivity contribution in [2.75, 3.05) is 50.7 Å². The predicted molar refractivity (Wildman–Crippen MR) is 93.6 cm³/mol. The van der Waals surface area contributed by atoms with Crippen molar-refractivity contribution in [3.05, 3.63) is 42.5 Å². The third-order valence-corrected chi connectivity index (χ3v) is 5.15. The zero-order chi connectivity index (χ0) is 14.8. The first-order valence-electron chi connectivity index (χ1n) is 8.55. The number of nitrogens with one attached hydrogen (secondary N) is 1. The van der Waals surface area contributed by atoms with Crippen molar-refractivity contribution >= 4 is 16.5 Å². The minimum Gasteiger partial charge on any atom is -0.369 e. The third-order valence-electron chi connectivity index (χ3n) is 5.15. The molecule has 0 saturated carbocycles. The van der Waals surface area contributed by atoms with Crippen LogP contribution in [0.2, 0.25) is 0 Å². The fourth-order valence-electron chi connectivity index (χ4n) is 3.80. The summed E-state index contributed by atoms with van der Waals surface area (Å²) < 4.78 is 0. The Bertz CT molecular complexity index is 625. The van der Waals surface area contributed by atoms with Gasteiger partial charge in [0.1, 0.15) is 0 Å². The smallest absolute Gasteiger partial charge is 0.0373 e. The number of rotatable bonds is 3. The second kappa shape index (κ2) is 6.27. The Labute approximate surface area is 132 Å². The highest BCUT2D eigenvalue weighted by molar-refractivity contribution is 5.85. The van der Waals surface area contributed by atoms with Crippen LogP contribution in [-0.4, -0.2) is 50.7 Å². The number of fused-ring (bicyclic) bond motifs is 1. The van der Waals surface area contributed by atoms with Crippen molar-refractivity contribution in [2.24, 2.45) is 5.92 Å². The van der Waals surface area contributed by atoms with Crippen LogP contribution in [0.1, 0.15) is 6.42 Å². The first-order chi connectivity index (χ1) is 10.9. The van der Waals surface area contributed by atoms with Gasteiger partial charge < -0.3 is 10.2 Å². The molecule has 0 unspecified atom stereocenters. The molecule has 2 aliphatic rings. The first kappa shape index (κ1) is 14.0. The molecular formula is C19H25N3. The van der Waals surface area contributed by atoms with Crippen molar-refractivity contribution in [2.45, 2.75) is 6.42 Å². The summed E-state index contributed by atoms with van der Waals surface area (Å²) in [7, 11) is 0. The van der Waals surface area contributed by atoms with E-state index in [1.807, 2.05) is 0 Å². The van der Waals surface area contributed by atoms with Gasteiger partial charge in [0.05, 0.1) is 0 Å². The van der Waals surface area contributed by atoms with Gasteiger partial charge in [0.2, 0.25) is 0 Å². The van der Waals surface area contributed by atoms with Crippen LogP contribution in [0.4, 0.5) is 5.69 Å². The molecule has 2 fully saturated rings. The number of benzene rings is 2. The van der Waals surface area contributed by atoms with Gasteiger partial charge in [-0.25, -0.2) is 0 Å². The molecule has 2 aromatic rings. The molecule has 2 aromatic carbocycles. The van der Waals surface area contributed by atoms with Crippen LogP contribution in [0.15, 0.2) is 42.5 Å². The number of anilines is 1. The summed E-state index contributed by atoms with van der Waals surface area (Å²) in [4.78, 5) is 5.19. The number of hydrogen-bond donors (Lipinski definition) is 1. The number of piperazine rings is 1. The molecule has 2 aliphatic heterocycles. The highest BCUT2D eigenvalue weighted by atomic mass is 15.3. The Kier molecular flexibility index (Phi) is 4.00. The molecule has 1 atom stereocenters. The minimum absolute atomic E-state index is 0.868. The quantitative estimate of drug-likeness (QED) is 0.939. The Morgan fingerprint density at radius 3 is 2.55 bits per heavy atom. The third kappa shape index (κ3) is 2.96. The van der Waals surface area contributed by atoms with Gasteiger partial charge in [-0.3, -0.25) is 4.90 Å². The average Bonchev–Trinajstić information content (AvgIpc) is 3.08. The van der Waals surface area contributed by atoms with Gasteiger partial charge in [-0.05, 0) is 48.3 Å². The number of nitrogens with zero attached hydrogens (tertiary/aromatic N) is 2. The summed E-state index contributed by atoms with van der Waals surface area (Å²) in [6, 6.07) is 15.5. The van der Waals surface area contributed by atoms with Gasteiger partial charge in [-0.15, -0.1) is 0 Å². The summed E-state index contributed by atoms with van der Waals surface area (Å²) in [5, 5.41) is 6.16. The maximum Gasteiger partial charge on any atom is 0.0373 e. The summed E-state index contributed by atoms with van der Waals surface area (Å²) >= 11 is 0. The predicted octanol–water partition coefficient (Wildman–Crippen LogP) is 2.57. The molecule has 2 saturated heterocycles. The largest absolute Gasteiger partial charge is 0.369 e. The van der Waals surface area contributed by atoms with Gasteiger partial charge in [-0.2, -0.15) is 0 Å². The Hall–Kier alpha value is -1.58. The summed E-state index contributed by atoms with van der Waals surface area (Å²) in [5.74, 6) is 0.868. The Morgan fingerprint density at radius 1 is 0.955 bits per heavy atom. The monoisotopic (exact) mass is 295 g/mol. The standard InChI is InChI=1S/C19H25N3/c1-2-4-18-13-19(6-5-17(18)3-1)22-11-9-21(10-12-22)15-16-7-8-20-14-16/h1-6,13,16,20H,7-12,14-15H2/t16-/m0/s1. The van der Waals surface area contributed by atoms with Crippen molar-refractivity contribution in [1.29, 1.82) is 0 Å². The lowest BCUT2D eigenvalue weighted by atomic mass is 10.1. The Balaban J connectivity index is 1.39. The molecule has 3 heteroatoms. The van der Waals surface area contributed by atoms with E-state index in [1.165, 1.54) is 55.6 Å². The molecule has 22 heavy (non-hydrogen) atoms. The molecule has 116 valence electrons. The molecule has 0 aromatic heterocycles. The van der Waals surface area contributed by atoms with Crippen LogP contribution in [-0.2, 0) is 0 Å². The van der Waals surface area contributed by atoms with E-state index in [2.05, 4.69) is 57.6 Å². The number of hydrogen-bond acceptors (Lipinski definition) is 3. The van der Waals surface area contributed by atoms with Gasteiger partial charge >= 0.3 is 0 Å². The lowest BCUT2D eigenvalue weighted by Gasteiger charge is -2.37. The summed E-state index contributed by atoms with van der Waals surface area (Å²) in [6.07, 6.45) is 1.35. The molecule has 0 amide bonds. The maximum atomic E-state index is 3.48. The van der Waals surface area contributed by atoms with E-state index in [1.54, 1.807) is 0 Å². The van der Waals surface area contributed by atoms with Gasteiger partial charge in [-0.1, -0.05) is 30.3 Å². The molecule has 3 nitrogen and oxygen atoms in total. The van der Waals surface area contributed by atoms with Crippen LogP contribution >= 0.6 is 0 Å². The van der Waals surface area contributed by atoms with E-state index in [9.17, 15) is 0 Å². The van der Waals surface area contributed by atoms with E-state index in [0.717, 1.165) is 19.0 Å². The van der Waals surface area contributed by atoms with Crippen LogP contribution in [0.3, 0.4) is 0 Å². The van der Waals surface area contributed by atoms with Crippen LogP contribution in [0.25, 0.3) is 10.8 Å². The molecule has 0 bridgehead atoms. The molecular weight excluding hydrogens is 270 g/mol. The molecule has 0 radical (unpaired) electrons. The Morgan fingerprint density at radius 2 is 1.77 bits per heavy atom. The minimum atomic E-state index is 0.868. The first-order valence-corrected chi connectivity index (χ1v) is 8.55. The van der Waals surface area contributed by atoms with Crippen molar-refractivity contribution in [3.8, 4) is 0 Å². The van der Waals surface area contributed by atoms with Gasteiger partial charge in [0.25, 0.3) is 0 Å². The van der Waals surface area contributed by atoms with Crippen molar-refractivity contribution < 1.29 is 0 Å². The summed E-state index contributed by atoms with van der Waals surface area (Å²) in [6.45, 7) is 8.40. The highest BCUT2D eigenvalue weighted by Crippen LogP contribution is 2.23. The van der Waals surface area contributed by atoms with E-state index >= 15 is 0 Å². The van der Waals surface area contributed by atoms with Crippen molar-refractivity contribution in [1.82, 2.24) is 10.2 Å². The van der Waals surface area contributed by atoms with Crippen LogP contribution in [0.5, 0.6) is 0 Å². The van der Waals surface area contributed by atoms with E-state index < -0.39 is 0 Å². The zero-order valence-electron chi connectivity index (χ0n) is 13.2. The van der Waals surface area contributed by atoms with E-state index in [0.29, 0.717) is 0 Å². The topological polar surface area (TPSA) is 18.5 Å². The molecule has 0 spiro atoms. The lowest BCUT2D eigenvalue weighted by molar-refractivity contribution is 0.225. The normalized spacial score (nSPS) is 23.3. The SMILES string of the molecule is c1ccc2cc(N3CCN(C[C@H]4CCNC4)CC3)ccc2c1. The van der Waals surface area contributed by atoms with E-state index in [-0.39, 0.29) is 0 Å². The second-order valence-corrected chi connectivity index (χ2v) is 6.68. The van der Waals surface area contributed by atoms with Gasteiger partial charge in [0.15, 0.2) is 0 Å². The fraction of sp³-hybridized carbons (Fsp3) is 0.474.